The monoisotopic (exact) mass is 366 g/mol. The van der Waals surface area contributed by atoms with E-state index < -0.39 is 17.3 Å². The summed E-state index contributed by atoms with van der Waals surface area (Å²) < 4.78 is 32.0. The van der Waals surface area contributed by atoms with Crippen LogP contribution in [0.3, 0.4) is 0 Å². The third kappa shape index (κ3) is 3.34. The highest BCUT2D eigenvalue weighted by Gasteiger charge is 2.15. The Hall–Kier alpha value is -3.05. The van der Waals surface area contributed by atoms with Gasteiger partial charge in [0.1, 0.15) is 18.2 Å². The molecular weight excluding hydrogens is 348 g/mol. The van der Waals surface area contributed by atoms with Crippen LogP contribution in [0.4, 0.5) is 8.78 Å². The molecule has 4 aromatic rings. The van der Waals surface area contributed by atoms with E-state index in [2.05, 4.69) is 0 Å². The first-order valence-electron chi connectivity index (χ1n) is 8.75. The van der Waals surface area contributed by atoms with Crippen molar-refractivity contribution in [1.29, 1.82) is 0 Å². The Morgan fingerprint density at radius 2 is 1.81 bits per heavy atom. The highest BCUT2D eigenvalue weighted by atomic mass is 19.2. The van der Waals surface area contributed by atoms with E-state index in [-0.39, 0.29) is 6.04 Å². The molecule has 0 amide bonds. The van der Waals surface area contributed by atoms with Crippen LogP contribution in [0.5, 0.6) is 0 Å². The highest BCUT2D eigenvalue weighted by molar-refractivity contribution is 6.06. The first kappa shape index (κ1) is 17.4. The van der Waals surface area contributed by atoms with Crippen molar-refractivity contribution in [2.24, 2.45) is 0 Å². The van der Waals surface area contributed by atoms with Crippen LogP contribution in [0.1, 0.15) is 24.1 Å². The summed E-state index contributed by atoms with van der Waals surface area (Å²) in [4.78, 5) is 12.0. The third-order valence-corrected chi connectivity index (χ3v) is 4.88. The number of hydrogen-bond acceptors (Lipinski definition) is 2. The smallest absolute Gasteiger partial charge is 0.336 e. The summed E-state index contributed by atoms with van der Waals surface area (Å²) in [6.07, 6.45) is 0. The molecule has 0 spiro atoms. The van der Waals surface area contributed by atoms with E-state index in [4.69, 9.17) is 4.42 Å². The Bertz CT molecular complexity index is 1200. The third-order valence-electron chi connectivity index (χ3n) is 4.88. The molecule has 3 aromatic carbocycles. The van der Waals surface area contributed by atoms with E-state index in [0.29, 0.717) is 17.7 Å². The second-order valence-electron chi connectivity index (χ2n) is 6.65. The van der Waals surface area contributed by atoms with E-state index in [1.807, 2.05) is 42.6 Å². The van der Waals surface area contributed by atoms with Gasteiger partial charge in [-0.2, -0.15) is 0 Å². The van der Waals surface area contributed by atoms with Crippen LogP contribution < -0.4 is 10.9 Å². The second kappa shape index (κ2) is 6.93. The van der Waals surface area contributed by atoms with Crippen molar-refractivity contribution < 1.29 is 18.5 Å². The minimum atomic E-state index is -0.857. The van der Waals surface area contributed by atoms with E-state index in [0.717, 1.165) is 27.8 Å². The van der Waals surface area contributed by atoms with Crippen LogP contribution >= 0.6 is 0 Å². The highest BCUT2D eigenvalue weighted by Crippen LogP contribution is 2.27. The van der Waals surface area contributed by atoms with Crippen molar-refractivity contribution in [2.75, 3.05) is 0 Å². The predicted molar refractivity (Wildman–Crippen MR) is 100 cm³/mol. The van der Waals surface area contributed by atoms with Gasteiger partial charge in [0, 0.05) is 22.6 Å². The van der Waals surface area contributed by atoms with Gasteiger partial charge in [0.2, 0.25) is 0 Å². The average molecular weight is 366 g/mol. The Labute approximate surface area is 154 Å². The SMILES string of the molecule is C[C@@H]([NH2+]Cc1cc(=O)oc2ccc3ccccc3c12)c1ccc(F)c(F)c1. The number of hydrogen-bond donors (Lipinski definition) is 1. The van der Waals surface area contributed by atoms with Gasteiger partial charge in [-0.1, -0.05) is 30.3 Å². The summed E-state index contributed by atoms with van der Waals surface area (Å²) in [6.45, 7) is 2.43. The molecule has 1 aromatic heterocycles. The average Bonchev–Trinajstić information content (AvgIpc) is 2.67. The van der Waals surface area contributed by atoms with Crippen molar-refractivity contribution in [3.8, 4) is 0 Å². The molecule has 136 valence electrons. The predicted octanol–water partition coefficient (Wildman–Crippen LogP) is 4.05. The fraction of sp³-hybridized carbons (Fsp3) is 0.136. The lowest BCUT2D eigenvalue weighted by molar-refractivity contribution is -0.707. The molecule has 0 aliphatic heterocycles. The maximum absolute atomic E-state index is 13.5. The molecule has 0 aliphatic rings. The lowest BCUT2D eigenvalue weighted by atomic mass is 10.0. The number of fused-ring (bicyclic) bond motifs is 3. The Balaban J connectivity index is 1.71. The summed E-state index contributed by atoms with van der Waals surface area (Å²) in [7, 11) is 0. The van der Waals surface area contributed by atoms with E-state index in [1.54, 1.807) is 12.1 Å². The minimum Gasteiger partial charge on any atom is -0.423 e. The fourth-order valence-corrected chi connectivity index (χ4v) is 3.42. The Morgan fingerprint density at radius 1 is 1.00 bits per heavy atom. The summed E-state index contributed by atoms with van der Waals surface area (Å²) in [6, 6.07) is 17.0. The minimum absolute atomic E-state index is 0.0997. The van der Waals surface area contributed by atoms with Gasteiger partial charge in [0.25, 0.3) is 0 Å². The van der Waals surface area contributed by atoms with Gasteiger partial charge >= 0.3 is 5.63 Å². The number of rotatable bonds is 4. The zero-order chi connectivity index (χ0) is 19.0. The van der Waals surface area contributed by atoms with Crippen LogP contribution in [0.2, 0.25) is 0 Å². The zero-order valence-corrected chi connectivity index (χ0v) is 14.7. The van der Waals surface area contributed by atoms with Crippen molar-refractivity contribution in [3.05, 3.63) is 93.8 Å². The molecule has 0 bridgehead atoms. The van der Waals surface area contributed by atoms with Crippen molar-refractivity contribution >= 4 is 21.7 Å². The second-order valence-corrected chi connectivity index (χ2v) is 6.65. The normalized spacial score (nSPS) is 12.6. The molecule has 0 radical (unpaired) electrons. The number of benzene rings is 3. The van der Waals surface area contributed by atoms with Crippen LogP contribution in [0.25, 0.3) is 21.7 Å². The largest absolute Gasteiger partial charge is 0.423 e. The fourth-order valence-electron chi connectivity index (χ4n) is 3.42. The zero-order valence-electron chi connectivity index (χ0n) is 14.7. The van der Waals surface area contributed by atoms with Gasteiger partial charge < -0.3 is 9.73 Å². The summed E-state index contributed by atoms with van der Waals surface area (Å²) >= 11 is 0. The molecular formula is C22H18F2NO2+. The Kier molecular flexibility index (Phi) is 4.46. The maximum Gasteiger partial charge on any atom is 0.336 e. The van der Waals surface area contributed by atoms with Crippen LogP contribution in [0, 0.1) is 11.6 Å². The lowest BCUT2D eigenvalue weighted by Crippen LogP contribution is -2.83. The van der Waals surface area contributed by atoms with Gasteiger partial charge in [-0.05, 0) is 42.0 Å². The summed E-state index contributed by atoms with van der Waals surface area (Å²) in [5, 5.41) is 4.97. The van der Waals surface area contributed by atoms with E-state index in [9.17, 15) is 13.6 Å². The first-order valence-corrected chi connectivity index (χ1v) is 8.75. The molecule has 2 N–H and O–H groups in total. The van der Waals surface area contributed by atoms with Gasteiger partial charge in [0.05, 0.1) is 0 Å². The molecule has 5 heteroatoms. The van der Waals surface area contributed by atoms with Crippen LogP contribution in [0.15, 0.2) is 69.9 Å². The van der Waals surface area contributed by atoms with E-state index in [1.165, 1.54) is 12.1 Å². The van der Waals surface area contributed by atoms with Crippen LogP contribution in [-0.2, 0) is 6.54 Å². The van der Waals surface area contributed by atoms with E-state index >= 15 is 0 Å². The quantitative estimate of drug-likeness (QED) is 0.438. The molecule has 3 nitrogen and oxygen atoms in total. The topological polar surface area (TPSA) is 46.8 Å². The molecule has 1 atom stereocenters. The van der Waals surface area contributed by atoms with Gasteiger partial charge in [-0.15, -0.1) is 0 Å². The number of nitrogens with two attached hydrogens (primary N) is 1. The summed E-state index contributed by atoms with van der Waals surface area (Å²) in [5.41, 5.74) is 1.69. The molecule has 0 aliphatic carbocycles. The molecule has 0 unspecified atom stereocenters. The lowest BCUT2D eigenvalue weighted by Gasteiger charge is -2.13. The van der Waals surface area contributed by atoms with Gasteiger partial charge in [-0.25, -0.2) is 13.6 Å². The molecule has 0 saturated carbocycles. The maximum atomic E-state index is 13.5. The number of quaternary nitrogens is 1. The molecule has 1 heterocycles. The standard InChI is InChI=1S/C22H17F2NO2/c1-13(15-6-8-18(23)19(24)10-15)25-12-16-11-21(26)27-20-9-7-14-4-2-3-5-17(14)22(16)20/h2-11,13,25H,12H2,1H3/p+1/t13-/m1/s1. The first-order chi connectivity index (χ1) is 13.0. The van der Waals surface area contributed by atoms with Crippen molar-refractivity contribution in [2.45, 2.75) is 19.5 Å². The molecule has 4 rings (SSSR count). The van der Waals surface area contributed by atoms with Gasteiger partial charge in [-0.3, -0.25) is 0 Å². The van der Waals surface area contributed by atoms with Crippen molar-refractivity contribution in [3.63, 3.8) is 0 Å². The number of halogens is 2. The molecule has 0 saturated heterocycles. The van der Waals surface area contributed by atoms with Crippen LogP contribution in [-0.4, -0.2) is 0 Å². The molecule has 0 fully saturated rings. The van der Waals surface area contributed by atoms with Gasteiger partial charge in [0.15, 0.2) is 11.6 Å². The van der Waals surface area contributed by atoms with Crippen molar-refractivity contribution in [1.82, 2.24) is 0 Å². The molecule has 27 heavy (non-hydrogen) atoms. The Morgan fingerprint density at radius 3 is 2.63 bits per heavy atom. The summed E-state index contributed by atoms with van der Waals surface area (Å²) in [5.74, 6) is -1.71.